The quantitative estimate of drug-likeness (QED) is 0.742. The molecule has 0 aromatic heterocycles. The Labute approximate surface area is 108 Å². The van der Waals surface area contributed by atoms with Gasteiger partial charge >= 0.3 is 5.97 Å². The van der Waals surface area contributed by atoms with Crippen LogP contribution in [-0.2, 0) is 9.59 Å². The Balaban J connectivity index is 2.68. The van der Waals surface area contributed by atoms with E-state index in [1.807, 2.05) is 0 Å². The van der Waals surface area contributed by atoms with Crippen molar-refractivity contribution in [1.29, 1.82) is 0 Å². The van der Waals surface area contributed by atoms with Gasteiger partial charge in [-0.3, -0.25) is 9.59 Å². The van der Waals surface area contributed by atoms with Crippen molar-refractivity contribution in [2.45, 2.75) is 13.3 Å². The van der Waals surface area contributed by atoms with Crippen LogP contribution in [0.3, 0.4) is 0 Å². The van der Waals surface area contributed by atoms with E-state index in [9.17, 15) is 18.8 Å². The van der Waals surface area contributed by atoms with Crippen LogP contribution < -0.4 is 10.6 Å². The number of hydrogen-bond donors (Lipinski definition) is 3. The summed E-state index contributed by atoms with van der Waals surface area (Å²) in [6.45, 7) is 1.46. The summed E-state index contributed by atoms with van der Waals surface area (Å²) in [5, 5.41) is 13.7. The molecule has 0 bridgehead atoms. The zero-order valence-electron chi connectivity index (χ0n) is 10.2. The fourth-order valence-electron chi connectivity index (χ4n) is 1.37. The van der Waals surface area contributed by atoms with Crippen molar-refractivity contribution in [3.05, 3.63) is 29.6 Å². The lowest BCUT2D eigenvalue weighted by molar-refractivity contribution is -0.119. The second kappa shape index (κ2) is 6.48. The Morgan fingerprint density at radius 2 is 2.00 bits per heavy atom. The van der Waals surface area contributed by atoms with Gasteiger partial charge in [0.05, 0.1) is 11.3 Å². The number of benzene rings is 1. The second-order valence-corrected chi connectivity index (χ2v) is 3.78. The molecule has 1 aromatic rings. The highest BCUT2D eigenvalue weighted by molar-refractivity contribution is 6.00. The van der Waals surface area contributed by atoms with E-state index in [1.54, 1.807) is 0 Å². The largest absolute Gasteiger partial charge is 0.478 e. The summed E-state index contributed by atoms with van der Waals surface area (Å²) in [6.07, 6.45) is -0.00395. The van der Waals surface area contributed by atoms with E-state index in [0.29, 0.717) is 0 Å². The highest BCUT2D eigenvalue weighted by Crippen LogP contribution is 2.17. The zero-order chi connectivity index (χ0) is 14.4. The molecule has 0 saturated heterocycles. The van der Waals surface area contributed by atoms with Crippen LogP contribution >= 0.6 is 0 Å². The molecule has 0 spiro atoms. The van der Waals surface area contributed by atoms with E-state index in [4.69, 9.17) is 5.11 Å². The molecule has 1 aromatic carbocycles. The summed E-state index contributed by atoms with van der Waals surface area (Å²) in [7, 11) is 0. The molecule has 0 aliphatic heterocycles. The first kappa shape index (κ1) is 14.6. The van der Waals surface area contributed by atoms with Crippen molar-refractivity contribution in [2.75, 3.05) is 11.9 Å². The Morgan fingerprint density at radius 1 is 1.32 bits per heavy atom. The Kier molecular flexibility index (Phi) is 4.99. The number of aromatic carboxylic acids is 1. The first-order valence-electron chi connectivity index (χ1n) is 5.47. The number of carboxylic acids is 1. The van der Waals surface area contributed by atoms with Crippen LogP contribution in [0.1, 0.15) is 23.7 Å². The van der Waals surface area contributed by atoms with Gasteiger partial charge in [0.25, 0.3) is 0 Å². The molecule has 0 aliphatic carbocycles. The maximum Gasteiger partial charge on any atom is 0.337 e. The molecule has 1 rings (SSSR count). The monoisotopic (exact) mass is 268 g/mol. The van der Waals surface area contributed by atoms with Crippen molar-refractivity contribution < 1.29 is 23.9 Å². The molecular weight excluding hydrogens is 255 g/mol. The van der Waals surface area contributed by atoms with Crippen LogP contribution in [0.5, 0.6) is 0 Å². The molecule has 0 radical (unpaired) electrons. The average Bonchev–Trinajstić information content (AvgIpc) is 2.30. The normalized spacial score (nSPS) is 9.79. The highest BCUT2D eigenvalue weighted by Gasteiger charge is 2.13. The minimum Gasteiger partial charge on any atom is -0.478 e. The maximum absolute atomic E-state index is 12.9. The number of halogens is 1. The predicted molar refractivity (Wildman–Crippen MR) is 65.3 cm³/mol. The smallest absolute Gasteiger partial charge is 0.337 e. The van der Waals surface area contributed by atoms with Gasteiger partial charge in [-0.15, -0.1) is 0 Å². The molecule has 3 N–H and O–H groups in total. The number of nitrogens with one attached hydrogen (secondary N) is 2. The molecule has 0 fully saturated rings. The molecule has 6 nitrogen and oxygen atoms in total. The van der Waals surface area contributed by atoms with E-state index in [0.717, 1.165) is 12.1 Å². The van der Waals surface area contributed by atoms with Crippen LogP contribution in [0.2, 0.25) is 0 Å². The molecule has 2 amide bonds. The highest BCUT2D eigenvalue weighted by atomic mass is 19.1. The fourth-order valence-corrected chi connectivity index (χ4v) is 1.37. The second-order valence-electron chi connectivity index (χ2n) is 3.78. The number of carbonyl (C=O) groups is 3. The minimum absolute atomic E-state index is 0.00395. The lowest BCUT2D eigenvalue weighted by Gasteiger charge is -2.08. The van der Waals surface area contributed by atoms with Crippen LogP contribution in [0.25, 0.3) is 0 Å². The molecule has 19 heavy (non-hydrogen) atoms. The van der Waals surface area contributed by atoms with Crippen molar-refractivity contribution in [3.8, 4) is 0 Å². The number of amides is 2. The molecule has 102 valence electrons. The third-order valence-electron chi connectivity index (χ3n) is 2.21. The summed E-state index contributed by atoms with van der Waals surface area (Å²) in [6, 6.07) is 3.05. The third kappa shape index (κ3) is 4.74. The van der Waals surface area contributed by atoms with Gasteiger partial charge in [0.2, 0.25) is 11.8 Å². The van der Waals surface area contributed by atoms with Crippen molar-refractivity contribution in [3.63, 3.8) is 0 Å². The van der Waals surface area contributed by atoms with Crippen LogP contribution in [-0.4, -0.2) is 29.4 Å². The standard InChI is InChI=1S/C12H13FN2O4/c1-7(16)14-5-4-11(17)15-10-3-2-8(13)6-9(10)12(18)19/h2-3,6H,4-5H2,1H3,(H,14,16)(H,15,17)(H,18,19). The summed E-state index contributed by atoms with van der Waals surface area (Å²) in [5.74, 6) is -2.77. The van der Waals surface area contributed by atoms with Crippen LogP contribution in [0.15, 0.2) is 18.2 Å². The minimum atomic E-state index is -1.34. The lowest BCUT2D eigenvalue weighted by Crippen LogP contribution is -2.25. The van der Waals surface area contributed by atoms with E-state index < -0.39 is 17.7 Å². The van der Waals surface area contributed by atoms with Crippen LogP contribution in [0.4, 0.5) is 10.1 Å². The third-order valence-corrected chi connectivity index (χ3v) is 2.21. The van der Waals surface area contributed by atoms with Gasteiger partial charge in [-0.1, -0.05) is 0 Å². The Bertz CT molecular complexity index is 516. The number of anilines is 1. The Hall–Kier alpha value is -2.44. The van der Waals surface area contributed by atoms with E-state index in [2.05, 4.69) is 10.6 Å². The van der Waals surface area contributed by atoms with Crippen molar-refractivity contribution in [2.24, 2.45) is 0 Å². The Morgan fingerprint density at radius 3 is 2.58 bits per heavy atom. The van der Waals surface area contributed by atoms with Gasteiger partial charge < -0.3 is 15.7 Å². The number of carboxylic acid groups (broad SMARTS) is 1. The SMILES string of the molecule is CC(=O)NCCC(=O)Nc1ccc(F)cc1C(=O)O. The summed E-state index contributed by atoms with van der Waals surface area (Å²) < 4.78 is 12.9. The molecular formula is C12H13FN2O4. The topological polar surface area (TPSA) is 95.5 Å². The van der Waals surface area contributed by atoms with E-state index in [1.165, 1.54) is 13.0 Å². The maximum atomic E-state index is 12.9. The summed E-state index contributed by atoms with van der Waals surface area (Å²) >= 11 is 0. The lowest BCUT2D eigenvalue weighted by atomic mass is 10.1. The number of rotatable bonds is 5. The predicted octanol–water partition coefficient (Wildman–Crippen LogP) is 0.989. The van der Waals surface area contributed by atoms with Crippen LogP contribution in [0, 0.1) is 5.82 Å². The fraction of sp³-hybridized carbons (Fsp3) is 0.250. The molecule has 0 saturated carbocycles. The van der Waals surface area contributed by atoms with Gasteiger partial charge in [-0.25, -0.2) is 9.18 Å². The summed E-state index contributed by atoms with van der Waals surface area (Å²) in [4.78, 5) is 33.0. The molecule has 7 heteroatoms. The van der Waals surface area contributed by atoms with Gasteiger partial charge in [0.1, 0.15) is 5.82 Å². The average molecular weight is 268 g/mol. The van der Waals surface area contributed by atoms with Gasteiger partial charge in [-0.2, -0.15) is 0 Å². The molecule has 0 heterocycles. The number of carbonyl (C=O) groups excluding carboxylic acids is 2. The van der Waals surface area contributed by atoms with Crippen molar-refractivity contribution in [1.82, 2.24) is 5.32 Å². The first-order chi connectivity index (χ1) is 8.90. The van der Waals surface area contributed by atoms with Gasteiger partial charge in [0.15, 0.2) is 0 Å². The van der Waals surface area contributed by atoms with Gasteiger partial charge in [-0.05, 0) is 18.2 Å². The molecule has 0 atom stereocenters. The van der Waals surface area contributed by atoms with E-state index >= 15 is 0 Å². The molecule has 0 unspecified atom stereocenters. The van der Waals surface area contributed by atoms with Crippen molar-refractivity contribution >= 4 is 23.5 Å². The number of hydrogen-bond acceptors (Lipinski definition) is 3. The van der Waals surface area contributed by atoms with Gasteiger partial charge in [0, 0.05) is 19.9 Å². The molecule has 0 aliphatic rings. The van der Waals surface area contributed by atoms with E-state index in [-0.39, 0.29) is 30.1 Å². The first-order valence-corrected chi connectivity index (χ1v) is 5.47. The summed E-state index contributed by atoms with van der Waals surface area (Å²) in [5.41, 5.74) is -0.311. The zero-order valence-corrected chi connectivity index (χ0v) is 10.2.